The molecule has 0 heterocycles. The van der Waals surface area contributed by atoms with Crippen LogP contribution in [0.15, 0.2) is 152 Å². The molecule has 0 fully saturated rings. The van der Waals surface area contributed by atoms with Crippen molar-refractivity contribution in [2.75, 3.05) is 177 Å². The van der Waals surface area contributed by atoms with Crippen molar-refractivity contribution < 1.29 is 193 Å². The van der Waals surface area contributed by atoms with Crippen molar-refractivity contribution in [2.45, 2.75) is 60.7 Å². The maximum absolute atomic E-state index is 11.8. The van der Waals surface area contributed by atoms with E-state index in [9.17, 15) is 86.3 Å². The number of carbonyl (C=O) groups is 18. The molecule has 0 unspecified atom stereocenters. The van der Waals surface area contributed by atoms with Gasteiger partial charge >= 0.3 is 73.9 Å². The van der Waals surface area contributed by atoms with Crippen LogP contribution >= 0.6 is 24.8 Å². The van der Waals surface area contributed by atoms with Crippen LogP contribution in [0.5, 0.6) is 0 Å². The van der Waals surface area contributed by atoms with Gasteiger partial charge in [0.15, 0.2) is 0 Å². The fourth-order valence-electron chi connectivity index (χ4n) is 8.26. The molecule has 0 saturated carbocycles. The predicted molar refractivity (Wildman–Crippen MR) is 474 cm³/mol. The number of benzene rings is 5. The Kier molecular flexibility index (Phi) is 101. The van der Waals surface area contributed by atoms with E-state index in [2.05, 4.69) is 30.7 Å². The number of rotatable bonds is 38. The summed E-state index contributed by atoms with van der Waals surface area (Å²) in [6, 6.07) is 46.7. The molecule has 5 aromatic carbocycles. The molecule has 0 aromatic heterocycles. The van der Waals surface area contributed by atoms with Gasteiger partial charge in [0.2, 0.25) is 35.4 Å². The van der Waals surface area contributed by atoms with E-state index in [4.69, 9.17) is 29.5 Å². The Morgan fingerprint density at radius 3 is 0.638 bits per heavy atom. The molecule has 5 rings (SSSR count). The number of carboxylic acids is 3. The third-order valence-electron chi connectivity index (χ3n) is 14.5. The number of carboxylic acid groups (broad SMARTS) is 3. The number of hydrogen-bond donors (Lipinski definition) is 7. The van der Waals surface area contributed by atoms with E-state index < -0.39 is 54.5 Å². The third-order valence-corrected chi connectivity index (χ3v) is 14.5. The van der Waals surface area contributed by atoms with Gasteiger partial charge in [-0.2, -0.15) is 0 Å². The maximum atomic E-state index is 11.8. The molecule has 719 valence electrons. The van der Waals surface area contributed by atoms with Crippen molar-refractivity contribution in [3.8, 4) is 0 Å². The molecule has 9 N–H and O–H groups in total. The van der Waals surface area contributed by atoms with Gasteiger partial charge in [-0.05, 0) is 83.7 Å². The summed E-state index contributed by atoms with van der Waals surface area (Å²) in [4.78, 5) is 207. The van der Waals surface area contributed by atoms with E-state index in [1.807, 2.05) is 152 Å². The van der Waals surface area contributed by atoms with E-state index >= 15 is 0 Å². The summed E-state index contributed by atoms with van der Waals surface area (Å²) in [6.07, 6.45) is -1.87. The van der Waals surface area contributed by atoms with Gasteiger partial charge in [-0.1, -0.05) is 152 Å². The summed E-state index contributed by atoms with van der Waals surface area (Å²) < 4.78 is 24.1. The number of halogens is 2. The van der Waals surface area contributed by atoms with Crippen molar-refractivity contribution >= 4 is 133 Å². The first-order chi connectivity index (χ1) is 57.5. The van der Waals surface area contributed by atoms with Crippen molar-refractivity contribution in [1.82, 2.24) is 65.4 Å². The van der Waals surface area contributed by atoms with Crippen LogP contribution in [0.3, 0.4) is 0 Å². The zero-order valence-electron chi connectivity index (χ0n) is 77.7. The average Bonchev–Trinajstić information content (AvgIpc) is 0.888. The zero-order chi connectivity index (χ0) is 93.5. The van der Waals surface area contributed by atoms with Gasteiger partial charge in [0.05, 0.1) is 52.4 Å². The topological polar surface area (TPSA) is 551 Å². The van der Waals surface area contributed by atoms with Gasteiger partial charge in [0.1, 0.15) is 88.9 Å². The smallest absolute Gasteiger partial charge is 0.870 e. The largest absolute Gasteiger partial charge is 1.00 e. The molecule has 0 spiro atoms. The average molecular weight is 1900 g/mol. The number of ketones is 4. The fraction of sp³-hybridized carbons (Fsp3) is 0.417. The van der Waals surface area contributed by atoms with Gasteiger partial charge in [-0.25, -0.2) is 14.4 Å². The number of likely N-dealkylation sites (N-methyl/N-ethyl adjacent to an activating group) is 13. The Bertz CT molecular complexity index is 3740. The van der Waals surface area contributed by atoms with Crippen LogP contribution in [-0.2, 0) is 147 Å². The first-order valence-electron chi connectivity index (χ1n) is 37.2. The number of hydrogen-bond acceptors (Lipinski definition) is 29. The van der Waals surface area contributed by atoms with Gasteiger partial charge in [-0.15, -0.1) is 24.8 Å². The number of aliphatic carboxylic acids is 3. The summed E-state index contributed by atoms with van der Waals surface area (Å²) in [5, 5.41) is 36.4. The normalized spacial score (nSPS) is 8.87. The van der Waals surface area contributed by atoms with E-state index in [1.54, 1.807) is 56.1 Å². The Labute approximate surface area is 809 Å². The first kappa shape index (κ1) is 145. The first-order valence-corrected chi connectivity index (χ1v) is 37.2. The molecule has 41 nitrogen and oxygen atoms in total. The van der Waals surface area contributed by atoms with E-state index in [1.165, 1.54) is 87.7 Å². The molecule has 0 aliphatic rings. The molecule has 0 atom stereocenters. The Hall–Kier alpha value is -11.1. The molecule has 0 aliphatic carbocycles. The number of Topliss-reactive ketones (excluding diaryl/α,β-unsaturated/α-hetero) is 4. The molecule has 5 aromatic rings. The van der Waals surface area contributed by atoms with Crippen LogP contribution < -0.4 is 59.0 Å². The second-order valence-electron chi connectivity index (χ2n) is 26.1. The molecule has 46 heteroatoms. The summed E-state index contributed by atoms with van der Waals surface area (Å²) in [5.41, 5.74) is 4.59. The summed E-state index contributed by atoms with van der Waals surface area (Å²) in [7, 11) is 19.9. The molecular formula is C84H128Cl2Li2N13O28V-. The van der Waals surface area contributed by atoms with Gasteiger partial charge in [-0.3, -0.25) is 71.9 Å². The number of nitrogens with zero attached hydrogens (tertiary/aromatic N) is 9. The van der Waals surface area contributed by atoms with Gasteiger partial charge in [0, 0.05) is 82.0 Å². The van der Waals surface area contributed by atoms with Gasteiger partial charge < -0.3 is 123 Å². The van der Waals surface area contributed by atoms with Crippen molar-refractivity contribution in [2.24, 2.45) is 0 Å². The minimum Gasteiger partial charge on any atom is -0.870 e. The standard InChI is InChI=1S/C15H20N2O4.C14H18N2O5.C11H13NO4.C10H19N3O3.C9H17N3O4.2C8H8O2.2C4H9NO.CH3.2ClH.2Li.2H2O.V/c1-12(18)9-16(2)14(19)10-17(3)15(20)21-11-13-7-5-4-6-8-13;1-15(9-13(18)19)12(17)8-16(2)14(20)21-10-11-6-4-3-5-7-11;1-12(7-10(13)14)11(15)16-8-9-5-3-2-4-6-9;1-8(14)6-12(3)10(16)7-13(4)9(15)5-11-2;1-10-4-7(13)11(2)5-8(14)12(3)6-9(15)16;2*9-7-10-6-8-4-2-1-3-5-8;2*1-4(6)3-5-2;;;;;;;;/h4-8H,9-11H2,1-3H3;3-7H,8-10H2,1-2H3,(H,18,19);2-6H,7-8H2,1H3,(H,13,14);11H,5-7H2,1-4H3;10H,4-6H2,1-3H3,(H,15,16);2*1-5,7H,6H2;2*5H,3H2,1-2H3;1H3;2*1H;;;2*1H2;/q;;;;;;;;;-1;;;2*+1;;;/p-2. The molecule has 0 aliphatic heterocycles. The molecule has 1 radical (unpaired) electrons. The van der Waals surface area contributed by atoms with Crippen LogP contribution in [-0.4, -0.2) is 355 Å². The number of amides is 9. The minimum absolute atomic E-state index is 0. The van der Waals surface area contributed by atoms with Crippen molar-refractivity contribution in [3.05, 3.63) is 187 Å². The minimum atomic E-state index is -1.11. The number of carbonyl (C=O) groups excluding carboxylic acids is 15. The molecule has 130 heavy (non-hydrogen) atoms. The third kappa shape index (κ3) is 85.0. The Morgan fingerprint density at radius 1 is 0.285 bits per heavy atom. The van der Waals surface area contributed by atoms with E-state index in [0.717, 1.165) is 47.4 Å². The second kappa shape index (κ2) is 91.2. The van der Waals surface area contributed by atoms with Gasteiger partial charge in [0.25, 0.3) is 12.9 Å². The predicted octanol–water partition coefficient (Wildman–Crippen LogP) is -2.39. The molecule has 9 amide bonds. The quantitative estimate of drug-likeness (QED) is 0.00938. The van der Waals surface area contributed by atoms with Crippen LogP contribution in [0.1, 0.15) is 55.5 Å². The zero-order valence-corrected chi connectivity index (χ0v) is 80.8. The van der Waals surface area contributed by atoms with Crippen LogP contribution in [0.25, 0.3) is 0 Å². The summed E-state index contributed by atoms with van der Waals surface area (Å²) in [5.74, 6) is -4.93. The number of ether oxygens (including phenoxy) is 5. The number of nitrogens with one attached hydrogen (secondary N) is 4. The van der Waals surface area contributed by atoms with Crippen LogP contribution in [0.4, 0.5) is 14.4 Å². The monoisotopic (exact) mass is 1900 g/mol. The molecule has 0 bridgehead atoms. The Morgan fingerprint density at radius 2 is 0.462 bits per heavy atom. The molecule has 0 saturated heterocycles. The Balaban J connectivity index is -0.000000122. The van der Waals surface area contributed by atoms with E-state index in [-0.39, 0.29) is 231 Å². The second-order valence-corrected chi connectivity index (χ2v) is 26.1. The van der Waals surface area contributed by atoms with E-state index in [0.29, 0.717) is 39.2 Å². The fourth-order valence-corrected chi connectivity index (χ4v) is 8.26. The SMILES string of the molecule is CC(=O)CN(C)C(=O)CN(C)C(=O)OCc1ccccc1.CN(CC(=O)O)C(=O)CN(C)C(=O)OCc1ccccc1.CN(CC(=O)O)C(=O)OCc1ccccc1.CNCC(=O)N(C)CC(=O)N(C)CC(=O)O.CNCC(=O)N(C)CC(=O)N(C)CC(C)=O.CNCC(C)=O.CNCC(C)=O.Cl.Cl.O=COCc1ccccc1.O=COCc1ccccc1.[CH3-].[Li+].[Li+].[OH-].[OH-].[V]. The molecular weight excluding hydrogens is 1770 g/mol. The van der Waals surface area contributed by atoms with Crippen LogP contribution in [0, 0.1) is 7.43 Å². The van der Waals surface area contributed by atoms with Crippen molar-refractivity contribution in [1.29, 1.82) is 0 Å². The van der Waals surface area contributed by atoms with Crippen molar-refractivity contribution in [3.63, 3.8) is 0 Å². The van der Waals surface area contributed by atoms with Crippen LogP contribution in [0.2, 0.25) is 0 Å². The summed E-state index contributed by atoms with van der Waals surface area (Å²) in [6.45, 7) is 7.75. The summed E-state index contributed by atoms with van der Waals surface area (Å²) >= 11 is 0. The maximum Gasteiger partial charge on any atom is 1.00 e.